The topological polar surface area (TPSA) is 66.9 Å². The molecule has 2 N–H and O–H groups in total. The quantitative estimate of drug-likeness (QED) is 0.850. The van der Waals surface area contributed by atoms with E-state index in [9.17, 15) is 4.79 Å². The van der Waals surface area contributed by atoms with Crippen LogP contribution in [-0.4, -0.2) is 22.6 Å². The van der Waals surface area contributed by atoms with E-state index in [1.54, 1.807) is 6.07 Å². The molecule has 1 aromatic heterocycles. The fraction of sp³-hybridized carbons (Fsp3) is 0.353. The van der Waals surface area contributed by atoms with Gasteiger partial charge < -0.3 is 10.6 Å². The predicted octanol–water partition coefficient (Wildman–Crippen LogP) is 3.52. The Balaban J connectivity index is 1.46. The second kappa shape index (κ2) is 7.42. The van der Waals surface area contributed by atoms with Crippen LogP contribution in [0.4, 0.5) is 11.6 Å². The van der Waals surface area contributed by atoms with E-state index in [-0.39, 0.29) is 11.8 Å². The molecule has 1 saturated carbocycles. The molecule has 0 atom stereocenters. The number of rotatable bonds is 6. The molecular weight excluding hydrogens is 312 g/mol. The number of benzene rings is 1. The smallest absolute Gasteiger partial charge is 0.228 e. The van der Waals surface area contributed by atoms with E-state index in [1.165, 1.54) is 5.56 Å². The fourth-order valence-corrected chi connectivity index (χ4v) is 2.63. The van der Waals surface area contributed by atoms with Gasteiger partial charge in [-0.25, -0.2) is 0 Å². The van der Waals surface area contributed by atoms with E-state index in [0.29, 0.717) is 11.6 Å². The third-order valence-corrected chi connectivity index (χ3v) is 4.24. The highest BCUT2D eigenvalue weighted by atomic mass is 35.5. The Kier molecular flexibility index (Phi) is 5.08. The summed E-state index contributed by atoms with van der Waals surface area (Å²) in [4.78, 5) is 11.8. The van der Waals surface area contributed by atoms with Crippen molar-refractivity contribution in [2.75, 3.05) is 17.2 Å². The monoisotopic (exact) mass is 330 g/mol. The largest absolute Gasteiger partial charge is 0.368 e. The molecule has 0 bridgehead atoms. The number of nitrogens with zero attached hydrogens (tertiary/aromatic N) is 2. The van der Waals surface area contributed by atoms with E-state index in [2.05, 4.69) is 20.8 Å². The third-order valence-electron chi connectivity index (χ3n) is 4.00. The molecule has 0 saturated heterocycles. The number of anilines is 2. The summed E-state index contributed by atoms with van der Waals surface area (Å²) in [6.07, 6.45) is 3.94. The van der Waals surface area contributed by atoms with Crippen LogP contribution in [0.1, 0.15) is 24.8 Å². The minimum atomic E-state index is 0.0483. The molecule has 1 heterocycles. The van der Waals surface area contributed by atoms with Crippen LogP contribution in [0.3, 0.4) is 0 Å². The first kappa shape index (κ1) is 15.7. The molecule has 0 aliphatic heterocycles. The first-order chi connectivity index (χ1) is 11.2. The van der Waals surface area contributed by atoms with Gasteiger partial charge in [-0.05, 0) is 49.1 Å². The summed E-state index contributed by atoms with van der Waals surface area (Å²) < 4.78 is 0. The van der Waals surface area contributed by atoms with Gasteiger partial charge in [-0.2, -0.15) is 0 Å². The number of hydrogen-bond acceptors (Lipinski definition) is 4. The average molecular weight is 331 g/mol. The van der Waals surface area contributed by atoms with Crippen LogP contribution in [-0.2, 0) is 11.2 Å². The molecule has 1 aromatic carbocycles. The third kappa shape index (κ3) is 4.42. The molecule has 120 valence electrons. The standard InChI is InChI=1S/C17H19ClN4O/c18-14-6-1-3-12(11-14)9-10-19-15-7-8-16(22-21-15)20-17(23)13-4-2-5-13/h1,3,6-8,11,13H,2,4-5,9-10H2,(H,19,21)(H,20,22,23). The Morgan fingerprint density at radius 1 is 1.17 bits per heavy atom. The fourth-order valence-electron chi connectivity index (χ4n) is 2.42. The van der Waals surface area contributed by atoms with Gasteiger partial charge in [-0.15, -0.1) is 10.2 Å². The van der Waals surface area contributed by atoms with Crippen molar-refractivity contribution in [3.8, 4) is 0 Å². The number of amides is 1. The zero-order valence-corrected chi connectivity index (χ0v) is 13.5. The molecule has 3 rings (SSSR count). The lowest BCUT2D eigenvalue weighted by molar-refractivity contribution is -0.122. The Bertz CT molecular complexity index is 671. The van der Waals surface area contributed by atoms with Crippen molar-refractivity contribution in [2.24, 2.45) is 5.92 Å². The highest BCUT2D eigenvalue weighted by molar-refractivity contribution is 6.30. The number of aromatic nitrogens is 2. The lowest BCUT2D eigenvalue weighted by Crippen LogP contribution is -2.28. The maximum atomic E-state index is 11.8. The van der Waals surface area contributed by atoms with Crippen molar-refractivity contribution < 1.29 is 4.79 Å². The summed E-state index contributed by atoms with van der Waals surface area (Å²) in [5.41, 5.74) is 1.17. The highest BCUT2D eigenvalue weighted by Gasteiger charge is 2.25. The Morgan fingerprint density at radius 2 is 1.96 bits per heavy atom. The van der Waals surface area contributed by atoms with Gasteiger partial charge in [-0.1, -0.05) is 30.2 Å². The summed E-state index contributed by atoms with van der Waals surface area (Å²) in [6, 6.07) is 11.4. The van der Waals surface area contributed by atoms with Gasteiger partial charge >= 0.3 is 0 Å². The van der Waals surface area contributed by atoms with Gasteiger partial charge in [0.1, 0.15) is 5.82 Å². The van der Waals surface area contributed by atoms with Crippen LogP contribution in [0.25, 0.3) is 0 Å². The van der Waals surface area contributed by atoms with Gasteiger partial charge in [0.2, 0.25) is 5.91 Å². The summed E-state index contributed by atoms with van der Waals surface area (Å²) in [5, 5.41) is 14.9. The van der Waals surface area contributed by atoms with Crippen molar-refractivity contribution in [1.29, 1.82) is 0 Å². The minimum Gasteiger partial charge on any atom is -0.368 e. The van der Waals surface area contributed by atoms with E-state index >= 15 is 0 Å². The lowest BCUT2D eigenvalue weighted by Gasteiger charge is -2.23. The van der Waals surface area contributed by atoms with Crippen molar-refractivity contribution in [1.82, 2.24) is 10.2 Å². The van der Waals surface area contributed by atoms with Gasteiger partial charge in [-0.3, -0.25) is 4.79 Å². The van der Waals surface area contributed by atoms with Crippen LogP contribution >= 0.6 is 11.6 Å². The summed E-state index contributed by atoms with van der Waals surface area (Å²) in [6.45, 7) is 0.739. The molecule has 0 radical (unpaired) electrons. The van der Waals surface area contributed by atoms with Gasteiger partial charge in [0.05, 0.1) is 0 Å². The van der Waals surface area contributed by atoms with Crippen LogP contribution in [0.15, 0.2) is 36.4 Å². The number of halogens is 1. The van der Waals surface area contributed by atoms with Crippen LogP contribution in [0.5, 0.6) is 0 Å². The number of carbonyl (C=O) groups is 1. The first-order valence-corrected chi connectivity index (χ1v) is 8.21. The van der Waals surface area contributed by atoms with E-state index < -0.39 is 0 Å². The summed E-state index contributed by atoms with van der Waals surface area (Å²) in [7, 11) is 0. The van der Waals surface area contributed by atoms with Gasteiger partial charge in [0.15, 0.2) is 5.82 Å². The Morgan fingerprint density at radius 3 is 2.61 bits per heavy atom. The molecule has 1 fully saturated rings. The maximum absolute atomic E-state index is 11.8. The van der Waals surface area contributed by atoms with Crippen molar-refractivity contribution in [2.45, 2.75) is 25.7 Å². The highest BCUT2D eigenvalue weighted by Crippen LogP contribution is 2.27. The van der Waals surface area contributed by atoms with E-state index in [4.69, 9.17) is 11.6 Å². The second-order valence-corrected chi connectivity index (χ2v) is 6.16. The van der Waals surface area contributed by atoms with Gasteiger partial charge in [0, 0.05) is 17.5 Å². The van der Waals surface area contributed by atoms with E-state index in [1.807, 2.05) is 30.3 Å². The lowest BCUT2D eigenvalue weighted by atomic mass is 9.85. The molecule has 1 aliphatic carbocycles. The van der Waals surface area contributed by atoms with Crippen molar-refractivity contribution >= 4 is 29.1 Å². The SMILES string of the molecule is O=C(Nc1ccc(NCCc2cccc(Cl)c2)nn1)C1CCC1. The summed E-state index contributed by atoms with van der Waals surface area (Å²) in [5.74, 6) is 1.38. The van der Waals surface area contributed by atoms with Crippen LogP contribution in [0, 0.1) is 5.92 Å². The molecule has 23 heavy (non-hydrogen) atoms. The minimum absolute atomic E-state index is 0.0483. The first-order valence-electron chi connectivity index (χ1n) is 7.83. The van der Waals surface area contributed by atoms with Gasteiger partial charge in [0.25, 0.3) is 0 Å². The Hall–Kier alpha value is -2.14. The average Bonchev–Trinajstić information content (AvgIpc) is 2.47. The van der Waals surface area contributed by atoms with Crippen LogP contribution < -0.4 is 10.6 Å². The molecule has 0 unspecified atom stereocenters. The predicted molar refractivity (Wildman–Crippen MR) is 91.6 cm³/mol. The number of carbonyl (C=O) groups excluding carboxylic acids is 1. The van der Waals surface area contributed by atoms with Crippen molar-refractivity contribution in [3.05, 3.63) is 47.0 Å². The molecule has 1 aliphatic rings. The molecule has 5 nitrogen and oxygen atoms in total. The zero-order chi connectivity index (χ0) is 16.1. The molecule has 2 aromatic rings. The number of nitrogens with one attached hydrogen (secondary N) is 2. The number of hydrogen-bond donors (Lipinski definition) is 2. The Labute approximate surface area is 140 Å². The summed E-state index contributed by atoms with van der Waals surface area (Å²) >= 11 is 5.96. The van der Waals surface area contributed by atoms with Crippen LogP contribution in [0.2, 0.25) is 5.02 Å². The second-order valence-electron chi connectivity index (χ2n) is 5.73. The molecule has 0 spiro atoms. The van der Waals surface area contributed by atoms with Crippen molar-refractivity contribution in [3.63, 3.8) is 0 Å². The molecule has 6 heteroatoms. The normalized spacial score (nSPS) is 14.1. The van der Waals surface area contributed by atoms with E-state index in [0.717, 1.165) is 37.3 Å². The molecule has 1 amide bonds. The zero-order valence-electron chi connectivity index (χ0n) is 12.8. The maximum Gasteiger partial charge on any atom is 0.228 e. The molecular formula is C17H19ClN4O.